The fraction of sp³-hybridized carbons (Fsp3) is 0.231. The molecule has 2 aromatic rings. The van der Waals surface area contributed by atoms with Gasteiger partial charge in [-0.2, -0.15) is 0 Å². The first-order valence-electron chi connectivity index (χ1n) is 5.09. The fourth-order valence-corrected chi connectivity index (χ4v) is 1.83. The van der Waals surface area contributed by atoms with Gasteiger partial charge in [0.2, 0.25) is 0 Å². The maximum absolute atomic E-state index is 11.6. The maximum atomic E-state index is 11.6. The van der Waals surface area contributed by atoms with E-state index in [1.54, 1.807) is 20.1 Å². The molecule has 3 heteroatoms. The Labute approximate surface area is 94.1 Å². The number of aromatic nitrogens is 1. The Hall–Kier alpha value is -1.90. The lowest BCUT2D eigenvalue weighted by atomic mass is 10.0. The predicted molar refractivity (Wildman–Crippen MR) is 63.0 cm³/mol. The molecule has 2 rings (SSSR count). The lowest BCUT2D eigenvalue weighted by Crippen LogP contribution is -1.99. The number of aryl methyl sites for hydroxylation is 1. The Morgan fingerprint density at radius 1 is 1.38 bits per heavy atom. The van der Waals surface area contributed by atoms with Crippen molar-refractivity contribution in [2.45, 2.75) is 13.8 Å². The highest BCUT2D eigenvalue weighted by Crippen LogP contribution is 2.28. The molecule has 1 aromatic carbocycles. The van der Waals surface area contributed by atoms with Crippen LogP contribution in [0.25, 0.3) is 10.9 Å². The summed E-state index contributed by atoms with van der Waals surface area (Å²) in [5.41, 5.74) is 2.30. The van der Waals surface area contributed by atoms with E-state index in [-0.39, 0.29) is 5.78 Å². The van der Waals surface area contributed by atoms with Gasteiger partial charge in [0.05, 0.1) is 18.0 Å². The summed E-state index contributed by atoms with van der Waals surface area (Å²) in [7, 11) is 1.60. The number of benzene rings is 1. The number of ether oxygens (including phenoxy) is 1. The van der Waals surface area contributed by atoms with Crippen molar-refractivity contribution < 1.29 is 9.53 Å². The van der Waals surface area contributed by atoms with Crippen LogP contribution in [0.3, 0.4) is 0 Å². The molecule has 0 radical (unpaired) electrons. The van der Waals surface area contributed by atoms with Crippen LogP contribution in [0.5, 0.6) is 5.75 Å². The topological polar surface area (TPSA) is 39.2 Å². The summed E-state index contributed by atoms with van der Waals surface area (Å²) in [6, 6.07) is 7.40. The molecule has 0 amide bonds. The van der Waals surface area contributed by atoms with Crippen LogP contribution in [0.1, 0.15) is 23.0 Å². The highest BCUT2D eigenvalue weighted by atomic mass is 16.5. The average Bonchev–Trinajstić information content (AvgIpc) is 2.26. The van der Waals surface area contributed by atoms with Gasteiger partial charge in [-0.15, -0.1) is 0 Å². The molecule has 0 N–H and O–H groups in total. The number of pyridine rings is 1. The lowest BCUT2D eigenvalue weighted by Gasteiger charge is -2.09. The molecule has 0 aliphatic carbocycles. The molecule has 1 aromatic heterocycles. The van der Waals surface area contributed by atoms with Crippen LogP contribution in [0.2, 0.25) is 0 Å². The number of Topliss-reactive ketones (excluding diaryl/α,β-unsaturated/α-hetero) is 1. The van der Waals surface area contributed by atoms with Crippen LogP contribution in [0.4, 0.5) is 0 Å². The van der Waals surface area contributed by atoms with Gasteiger partial charge in [0.15, 0.2) is 5.78 Å². The molecule has 0 spiro atoms. The molecular formula is C13H13NO2. The normalized spacial score (nSPS) is 10.4. The molecule has 0 aliphatic rings. The molecular weight excluding hydrogens is 202 g/mol. The number of methoxy groups -OCH3 is 1. The Kier molecular flexibility index (Phi) is 2.60. The first kappa shape index (κ1) is 10.6. The summed E-state index contributed by atoms with van der Waals surface area (Å²) in [4.78, 5) is 16.0. The number of ketones is 1. The van der Waals surface area contributed by atoms with Gasteiger partial charge in [-0.3, -0.25) is 9.78 Å². The van der Waals surface area contributed by atoms with E-state index < -0.39 is 0 Å². The van der Waals surface area contributed by atoms with Gasteiger partial charge in [-0.05, 0) is 32.0 Å². The third kappa shape index (κ3) is 1.65. The van der Waals surface area contributed by atoms with Gasteiger partial charge in [-0.25, -0.2) is 0 Å². The van der Waals surface area contributed by atoms with Crippen molar-refractivity contribution in [2.75, 3.05) is 7.11 Å². The predicted octanol–water partition coefficient (Wildman–Crippen LogP) is 2.75. The minimum atomic E-state index is 0.0278. The Morgan fingerprint density at radius 3 is 2.75 bits per heavy atom. The molecule has 16 heavy (non-hydrogen) atoms. The molecule has 0 saturated heterocycles. The summed E-state index contributed by atoms with van der Waals surface area (Å²) in [5, 5.41) is 0.795. The van der Waals surface area contributed by atoms with Crippen molar-refractivity contribution in [3.63, 3.8) is 0 Å². The van der Waals surface area contributed by atoms with Gasteiger partial charge >= 0.3 is 0 Å². The molecule has 3 nitrogen and oxygen atoms in total. The molecule has 0 fully saturated rings. The molecule has 82 valence electrons. The first-order chi connectivity index (χ1) is 7.63. The number of hydrogen-bond donors (Lipinski definition) is 0. The SMILES string of the molecule is COc1cccc2nc(C)cc(C(C)=O)c12. The van der Waals surface area contributed by atoms with Crippen molar-refractivity contribution in [3.8, 4) is 5.75 Å². The summed E-state index contributed by atoms with van der Waals surface area (Å²) < 4.78 is 5.27. The number of rotatable bonds is 2. The quantitative estimate of drug-likeness (QED) is 0.723. The van der Waals surface area contributed by atoms with Crippen molar-refractivity contribution in [1.29, 1.82) is 0 Å². The summed E-state index contributed by atoms with van der Waals surface area (Å²) in [5.74, 6) is 0.718. The lowest BCUT2D eigenvalue weighted by molar-refractivity contribution is 0.101. The molecule has 0 aliphatic heterocycles. The van der Waals surface area contributed by atoms with Crippen LogP contribution >= 0.6 is 0 Å². The summed E-state index contributed by atoms with van der Waals surface area (Å²) >= 11 is 0. The second kappa shape index (κ2) is 3.93. The molecule has 0 bridgehead atoms. The number of hydrogen-bond acceptors (Lipinski definition) is 3. The van der Waals surface area contributed by atoms with Gasteiger partial charge in [-0.1, -0.05) is 6.07 Å². The largest absolute Gasteiger partial charge is 0.496 e. The number of carbonyl (C=O) groups excluding carboxylic acids is 1. The van der Waals surface area contributed by atoms with Gasteiger partial charge in [0.1, 0.15) is 5.75 Å². The molecule has 1 heterocycles. The van der Waals surface area contributed by atoms with E-state index in [9.17, 15) is 4.79 Å². The summed E-state index contributed by atoms with van der Waals surface area (Å²) in [6.07, 6.45) is 0. The highest BCUT2D eigenvalue weighted by molar-refractivity contribution is 6.08. The second-order valence-corrected chi connectivity index (χ2v) is 3.72. The van der Waals surface area contributed by atoms with Crippen molar-refractivity contribution in [1.82, 2.24) is 4.98 Å². The Morgan fingerprint density at radius 2 is 2.12 bits per heavy atom. The number of nitrogens with zero attached hydrogens (tertiary/aromatic N) is 1. The zero-order valence-corrected chi connectivity index (χ0v) is 9.57. The maximum Gasteiger partial charge on any atom is 0.160 e. The van der Waals surface area contributed by atoms with Gasteiger partial charge in [0, 0.05) is 11.3 Å². The minimum absolute atomic E-state index is 0.0278. The van der Waals surface area contributed by atoms with Crippen molar-refractivity contribution in [3.05, 3.63) is 35.5 Å². The Balaban J connectivity index is 2.91. The van der Waals surface area contributed by atoms with Crippen LogP contribution in [0.15, 0.2) is 24.3 Å². The molecule has 0 atom stereocenters. The van der Waals surface area contributed by atoms with Gasteiger partial charge in [0.25, 0.3) is 0 Å². The van der Waals surface area contributed by atoms with E-state index in [0.717, 1.165) is 16.6 Å². The van der Waals surface area contributed by atoms with Crippen LogP contribution in [-0.2, 0) is 0 Å². The van der Waals surface area contributed by atoms with E-state index in [1.807, 2.05) is 25.1 Å². The van der Waals surface area contributed by atoms with E-state index in [4.69, 9.17) is 4.74 Å². The average molecular weight is 215 g/mol. The van der Waals surface area contributed by atoms with E-state index in [0.29, 0.717) is 11.3 Å². The zero-order valence-electron chi connectivity index (χ0n) is 9.57. The third-order valence-electron chi connectivity index (χ3n) is 2.52. The summed E-state index contributed by atoms with van der Waals surface area (Å²) in [6.45, 7) is 3.44. The fourth-order valence-electron chi connectivity index (χ4n) is 1.83. The second-order valence-electron chi connectivity index (χ2n) is 3.72. The first-order valence-corrected chi connectivity index (χ1v) is 5.09. The van der Waals surface area contributed by atoms with Crippen molar-refractivity contribution >= 4 is 16.7 Å². The van der Waals surface area contributed by atoms with Crippen LogP contribution in [0, 0.1) is 6.92 Å². The van der Waals surface area contributed by atoms with Crippen molar-refractivity contribution in [2.24, 2.45) is 0 Å². The number of fused-ring (bicyclic) bond motifs is 1. The monoisotopic (exact) mass is 215 g/mol. The van der Waals surface area contributed by atoms with E-state index in [1.165, 1.54) is 0 Å². The number of carbonyl (C=O) groups is 1. The van der Waals surface area contributed by atoms with E-state index >= 15 is 0 Å². The van der Waals surface area contributed by atoms with E-state index in [2.05, 4.69) is 4.98 Å². The zero-order chi connectivity index (χ0) is 11.7. The third-order valence-corrected chi connectivity index (χ3v) is 2.52. The molecule has 0 unspecified atom stereocenters. The highest BCUT2D eigenvalue weighted by Gasteiger charge is 2.12. The van der Waals surface area contributed by atoms with Crippen LogP contribution < -0.4 is 4.74 Å². The smallest absolute Gasteiger partial charge is 0.160 e. The Bertz CT molecular complexity index is 561. The van der Waals surface area contributed by atoms with Crippen LogP contribution in [-0.4, -0.2) is 17.9 Å². The molecule has 0 saturated carbocycles. The minimum Gasteiger partial charge on any atom is -0.496 e. The standard InChI is InChI=1S/C13H13NO2/c1-8-7-10(9(2)15)13-11(14-8)5-4-6-12(13)16-3/h4-7H,1-3H3. The van der Waals surface area contributed by atoms with Gasteiger partial charge < -0.3 is 4.74 Å².